The molecule has 0 bridgehead atoms. The summed E-state index contributed by atoms with van der Waals surface area (Å²) in [5.74, 6) is -2.66. The first-order valence-electron chi connectivity index (χ1n) is 6.05. The van der Waals surface area contributed by atoms with Crippen molar-refractivity contribution in [2.75, 3.05) is 33.2 Å². The first-order valence-corrected chi connectivity index (χ1v) is 6.05. The van der Waals surface area contributed by atoms with Gasteiger partial charge in [-0.05, 0) is 20.0 Å². The van der Waals surface area contributed by atoms with E-state index in [0.29, 0.717) is 13.0 Å². The van der Waals surface area contributed by atoms with Gasteiger partial charge in [-0.15, -0.1) is 17.7 Å². The highest BCUT2D eigenvalue weighted by atomic mass is 19.4. The zero-order valence-corrected chi connectivity index (χ0v) is 10.8. The number of hydrogen-bond acceptors (Lipinski definition) is 2. The average Bonchev–Trinajstić information content (AvgIpc) is 2.61. The van der Waals surface area contributed by atoms with E-state index in [0.717, 1.165) is 0 Å². The van der Waals surface area contributed by atoms with Crippen LogP contribution < -0.4 is 5.32 Å². The Morgan fingerprint density at radius 3 is 2.47 bits per heavy atom. The summed E-state index contributed by atoms with van der Waals surface area (Å²) < 4.78 is 62.3. The fraction of sp³-hybridized carbons (Fsp3) is 0.909. The maximum atomic E-state index is 12.9. The second-order valence-electron chi connectivity index (χ2n) is 4.96. The van der Waals surface area contributed by atoms with Crippen molar-refractivity contribution in [2.45, 2.75) is 31.1 Å². The lowest BCUT2D eigenvalue weighted by Gasteiger charge is -2.18. The lowest BCUT2D eigenvalue weighted by Crippen LogP contribution is -2.36. The average molecular weight is 288 g/mol. The van der Waals surface area contributed by atoms with Crippen molar-refractivity contribution >= 4 is 6.72 Å². The highest BCUT2D eigenvalue weighted by Gasteiger charge is 2.41. The molecule has 0 saturated carbocycles. The quantitative estimate of drug-likeness (QED) is 0.346. The molecule has 0 radical (unpaired) electrons. The fourth-order valence-corrected chi connectivity index (χ4v) is 1.91. The van der Waals surface area contributed by atoms with Crippen LogP contribution in [0.2, 0.25) is 0 Å². The Morgan fingerprint density at radius 2 is 2.00 bits per heavy atom. The number of alkyl halides is 5. The first kappa shape index (κ1) is 16.3. The van der Waals surface area contributed by atoms with Crippen molar-refractivity contribution in [3.63, 3.8) is 0 Å². The second kappa shape index (κ2) is 6.13. The highest BCUT2D eigenvalue weighted by Crippen LogP contribution is 2.26. The van der Waals surface area contributed by atoms with Gasteiger partial charge in [-0.1, -0.05) is 0 Å². The minimum absolute atomic E-state index is 0.0610. The molecule has 1 rings (SSSR count). The topological polar surface area (TPSA) is 18.3 Å². The normalized spacial score (nSPS) is 23.0. The highest BCUT2D eigenvalue weighted by molar-refractivity contribution is 5.14. The number of hydrogen-bond donors (Lipinski definition) is 1. The van der Waals surface area contributed by atoms with Crippen LogP contribution >= 0.6 is 0 Å². The van der Waals surface area contributed by atoms with Crippen LogP contribution in [0.15, 0.2) is 0 Å². The molecule has 0 aliphatic carbocycles. The Kier molecular flexibility index (Phi) is 5.26. The molecule has 1 aliphatic heterocycles. The van der Waals surface area contributed by atoms with E-state index < -0.39 is 12.2 Å². The molecule has 1 aliphatic rings. The minimum Gasteiger partial charge on any atom is -0.308 e. The summed E-state index contributed by atoms with van der Waals surface area (Å²) in [5, 5.41) is 2.71. The third-order valence-electron chi connectivity index (χ3n) is 3.16. The van der Waals surface area contributed by atoms with Crippen LogP contribution in [0.4, 0.5) is 22.0 Å². The van der Waals surface area contributed by atoms with Crippen LogP contribution in [0.3, 0.4) is 0 Å². The van der Waals surface area contributed by atoms with E-state index in [1.807, 2.05) is 0 Å². The van der Waals surface area contributed by atoms with Crippen LogP contribution in [0.25, 0.3) is 0 Å². The lowest BCUT2D eigenvalue weighted by molar-refractivity contribution is -0.706. The van der Waals surface area contributed by atoms with Gasteiger partial charge in [0.1, 0.15) is 6.72 Å². The third kappa shape index (κ3) is 5.82. The largest absolute Gasteiger partial charge is 0.632 e. The number of rotatable bonds is 6. The van der Waals surface area contributed by atoms with E-state index in [1.54, 1.807) is 11.9 Å². The number of nitrogens with zero attached hydrogens (tertiary/aromatic N) is 2. The molecule has 0 aromatic rings. The molecule has 3 nitrogen and oxygen atoms in total. The van der Waals surface area contributed by atoms with E-state index >= 15 is 0 Å². The summed E-state index contributed by atoms with van der Waals surface area (Å²) in [6, 6.07) is -0.268. The van der Waals surface area contributed by atoms with E-state index in [1.165, 1.54) is 0 Å². The van der Waals surface area contributed by atoms with Crippen molar-refractivity contribution in [1.29, 1.82) is 0 Å². The van der Waals surface area contributed by atoms with Gasteiger partial charge in [0.15, 0.2) is 6.54 Å². The Bertz CT molecular complexity index is 316. The Hall–Kier alpha value is -0.760. The van der Waals surface area contributed by atoms with Crippen LogP contribution in [0.1, 0.15) is 12.8 Å². The number of nitrogens with one attached hydrogen (secondary N) is 1. The summed E-state index contributed by atoms with van der Waals surface area (Å²) in [6.45, 7) is 3.01. The predicted octanol–water partition coefficient (Wildman–Crippen LogP) is 1.54. The summed E-state index contributed by atoms with van der Waals surface area (Å²) in [4.78, 5) is 1.68. The zero-order valence-electron chi connectivity index (χ0n) is 10.8. The number of likely N-dealkylation sites (N-methyl/N-ethyl adjacent to an activating group) is 1. The van der Waals surface area contributed by atoms with Gasteiger partial charge in [-0.25, -0.2) is 8.78 Å². The molecule has 0 spiro atoms. The van der Waals surface area contributed by atoms with Gasteiger partial charge in [0, 0.05) is 12.5 Å². The SMILES string of the molecule is C=[N+](CCN(C)CCC1CC(F)(F)CN1)C(F)(F)F. The van der Waals surface area contributed by atoms with E-state index in [-0.39, 0.29) is 36.7 Å². The van der Waals surface area contributed by atoms with Gasteiger partial charge in [-0.3, -0.25) is 0 Å². The Morgan fingerprint density at radius 1 is 1.37 bits per heavy atom. The zero-order chi connectivity index (χ0) is 14.7. The van der Waals surface area contributed by atoms with Crippen LogP contribution in [-0.4, -0.2) is 67.7 Å². The van der Waals surface area contributed by atoms with Gasteiger partial charge in [0.2, 0.25) is 0 Å². The van der Waals surface area contributed by atoms with E-state index in [2.05, 4.69) is 12.0 Å². The van der Waals surface area contributed by atoms with Crippen molar-refractivity contribution < 1.29 is 26.5 Å². The predicted molar refractivity (Wildman–Crippen MR) is 61.8 cm³/mol. The lowest BCUT2D eigenvalue weighted by atomic mass is 10.1. The van der Waals surface area contributed by atoms with Gasteiger partial charge in [-0.2, -0.15) is 0 Å². The minimum atomic E-state index is -4.43. The maximum absolute atomic E-state index is 12.9. The fourth-order valence-electron chi connectivity index (χ4n) is 1.91. The van der Waals surface area contributed by atoms with Gasteiger partial charge in [0.25, 0.3) is 5.92 Å². The molecule has 1 saturated heterocycles. The smallest absolute Gasteiger partial charge is 0.308 e. The molecule has 0 amide bonds. The second-order valence-corrected chi connectivity index (χ2v) is 4.96. The molecule has 1 unspecified atom stereocenters. The van der Waals surface area contributed by atoms with E-state index in [9.17, 15) is 22.0 Å². The third-order valence-corrected chi connectivity index (χ3v) is 3.16. The summed E-state index contributed by atoms with van der Waals surface area (Å²) >= 11 is 0. The molecule has 1 fully saturated rings. The molecular formula is C11H19F5N3+. The molecule has 0 aromatic carbocycles. The summed E-state index contributed by atoms with van der Waals surface area (Å²) in [7, 11) is 1.66. The monoisotopic (exact) mass is 288 g/mol. The van der Waals surface area contributed by atoms with Gasteiger partial charge in [0.05, 0.1) is 13.1 Å². The summed E-state index contributed by atoms with van der Waals surface area (Å²) in [5.41, 5.74) is 0. The van der Waals surface area contributed by atoms with Crippen molar-refractivity contribution in [3.8, 4) is 0 Å². The van der Waals surface area contributed by atoms with Crippen LogP contribution in [0.5, 0.6) is 0 Å². The molecule has 0 aromatic heterocycles. The van der Waals surface area contributed by atoms with Crippen molar-refractivity contribution in [3.05, 3.63) is 0 Å². The number of halogens is 5. The van der Waals surface area contributed by atoms with Crippen LogP contribution in [-0.2, 0) is 0 Å². The molecule has 112 valence electrons. The standard InChI is InChI=1S/C11H19F5N3/c1-18(5-6-19(2)11(14,15)16)4-3-9-7-10(12,13)8-17-9/h9,17H,2-8H2,1H3/q+1. The molecule has 1 N–H and O–H groups in total. The molecular weight excluding hydrogens is 269 g/mol. The summed E-state index contributed by atoms with van der Waals surface area (Å²) in [6.07, 6.45) is -4.14. The van der Waals surface area contributed by atoms with Gasteiger partial charge >= 0.3 is 6.30 Å². The molecule has 8 heteroatoms. The first-order chi connectivity index (χ1) is 8.60. The Labute approximate surface area is 109 Å². The Balaban J connectivity index is 2.19. The molecule has 1 atom stereocenters. The van der Waals surface area contributed by atoms with Gasteiger partial charge < -0.3 is 10.2 Å². The van der Waals surface area contributed by atoms with Crippen LogP contribution in [0, 0.1) is 0 Å². The maximum Gasteiger partial charge on any atom is 0.632 e. The van der Waals surface area contributed by atoms with Crippen molar-refractivity contribution in [1.82, 2.24) is 10.2 Å². The molecule has 19 heavy (non-hydrogen) atoms. The van der Waals surface area contributed by atoms with E-state index in [4.69, 9.17) is 0 Å². The van der Waals surface area contributed by atoms with Crippen molar-refractivity contribution in [2.24, 2.45) is 0 Å². The molecule has 1 heterocycles.